The van der Waals surface area contributed by atoms with Crippen LogP contribution in [0.5, 0.6) is 0 Å². The number of carbonyl (C=O) groups excluding carboxylic acids is 2. The van der Waals surface area contributed by atoms with E-state index in [2.05, 4.69) is 42.1 Å². The highest BCUT2D eigenvalue weighted by molar-refractivity contribution is 5.77. The molecule has 1 N–H and O–H groups in total. The summed E-state index contributed by atoms with van der Waals surface area (Å²) in [5.41, 5.74) is 3.67. The maximum Gasteiger partial charge on any atom is 0.305 e. The number of hydrogen-bond acceptors (Lipinski definition) is 4. The highest BCUT2D eigenvalue weighted by Crippen LogP contribution is 2.19. The van der Waals surface area contributed by atoms with Crippen LogP contribution in [0.3, 0.4) is 0 Å². The van der Waals surface area contributed by atoms with Crippen LogP contribution in [0.15, 0.2) is 18.2 Å². The van der Waals surface area contributed by atoms with Crippen LogP contribution in [0, 0.1) is 13.8 Å². The van der Waals surface area contributed by atoms with Crippen molar-refractivity contribution in [1.82, 2.24) is 4.90 Å². The fourth-order valence-electron chi connectivity index (χ4n) is 3.03. The molecule has 0 aromatic heterocycles. The second-order valence-corrected chi connectivity index (χ2v) is 6.55. The molecule has 24 heavy (non-hydrogen) atoms. The zero-order valence-corrected chi connectivity index (χ0v) is 14.9. The number of carbonyl (C=O) groups is 2. The van der Waals surface area contributed by atoms with Gasteiger partial charge in [0.25, 0.3) is 0 Å². The Morgan fingerprint density at radius 3 is 2.75 bits per heavy atom. The van der Waals surface area contributed by atoms with Gasteiger partial charge in [-0.1, -0.05) is 6.07 Å². The molecule has 1 amide bonds. The molecule has 132 valence electrons. The number of benzene rings is 1. The van der Waals surface area contributed by atoms with Gasteiger partial charge in [0.2, 0.25) is 5.91 Å². The van der Waals surface area contributed by atoms with Crippen molar-refractivity contribution in [2.45, 2.75) is 52.0 Å². The van der Waals surface area contributed by atoms with Crippen molar-refractivity contribution in [2.24, 2.45) is 0 Å². The third-order valence-electron chi connectivity index (χ3n) is 4.65. The summed E-state index contributed by atoms with van der Waals surface area (Å²) in [5.74, 6) is -0.124. The van der Waals surface area contributed by atoms with Gasteiger partial charge in [-0.05, 0) is 56.4 Å². The number of nitrogens with zero attached hydrogens (tertiary/aromatic N) is 1. The molecule has 0 saturated carbocycles. The third kappa shape index (κ3) is 5.25. The average molecular weight is 332 g/mol. The van der Waals surface area contributed by atoms with E-state index >= 15 is 0 Å². The van der Waals surface area contributed by atoms with Crippen LogP contribution in [0.2, 0.25) is 0 Å². The van der Waals surface area contributed by atoms with Crippen molar-refractivity contribution in [3.05, 3.63) is 29.3 Å². The molecule has 0 unspecified atom stereocenters. The first-order valence-electron chi connectivity index (χ1n) is 8.68. The summed E-state index contributed by atoms with van der Waals surface area (Å²) in [6, 6.07) is 6.66. The Bertz CT molecular complexity index is 586. The Balaban J connectivity index is 1.83. The summed E-state index contributed by atoms with van der Waals surface area (Å²) in [4.78, 5) is 25.3. The maximum absolute atomic E-state index is 12.3. The first-order chi connectivity index (χ1) is 11.5. The summed E-state index contributed by atoms with van der Waals surface area (Å²) in [6.45, 7) is 5.75. The molecule has 1 fully saturated rings. The second kappa shape index (κ2) is 8.71. The third-order valence-corrected chi connectivity index (χ3v) is 4.65. The minimum atomic E-state index is -0.254. The van der Waals surface area contributed by atoms with Gasteiger partial charge >= 0.3 is 5.97 Å². The molecular formula is C19H28N2O3. The summed E-state index contributed by atoms with van der Waals surface area (Å²) in [5, 5.41) is 3.55. The zero-order valence-electron chi connectivity index (χ0n) is 14.9. The molecule has 1 saturated heterocycles. The Morgan fingerprint density at radius 2 is 2.04 bits per heavy atom. The van der Waals surface area contributed by atoms with E-state index in [-0.39, 0.29) is 17.9 Å². The van der Waals surface area contributed by atoms with Gasteiger partial charge in [-0.25, -0.2) is 0 Å². The molecule has 5 nitrogen and oxygen atoms in total. The van der Waals surface area contributed by atoms with Gasteiger partial charge in [0, 0.05) is 37.7 Å². The number of esters is 1. The van der Waals surface area contributed by atoms with Crippen molar-refractivity contribution >= 4 is 17.6 Å². The van der Waals surface area contributed by atoms with Crippen LogP contribution >= 0.6 is 0 Å². The van der Waals surface area contributed by atoms with Crippen LogP contribution in [0.1, 0.15) is 43.2 Å². The number of anilines is 1. The van der Waals surface area contributed by atoms with E-state index in [1.165, 1.54) is 18.2 Å². The number of piperidine rings is 1. The lowest BCUT2D eigenvalue weighted by Gasteiger charge is -2.34. The van der Waals surface area contributed by atoms with Gasteiger partial charge in [-0.15, -0.1) is 0 Å². The Hall–Kier alpha value is -2.04. The van der Waals surface area contributed by atoms with Crippen molar-refractivity contribution in [2.75, 3.05) is 25.5 Å². The summed E-state index contributed by atoms with van der Waals surface area (Å²) >= 11 is 0. The van der Waals surface area contributed by atoms with Gasteiger partial charge in [0.05, 0.1) is 7.11 Å². The summed E-state index contributed by atoms with van der Waals surface area (Å²) < 4.78 is 4.61. The molecule has 2 rings (SSSR count). The highest BCUT2D eigenvalue weighted by Gasteiger charge is 2.23. The fraction of sp³-hybridized carbons (Fsp3) is 0.579. The molecule has 0 bridgehead atoms. The summed E-state index contributed by atoms with van der Waals surface area (Å²) in [7, 11) is 1.37. The quantitative estimate of drug-likeness (QED) is 0.814. The lowest BCUT2D eigenvalue weighted by Crippen LogP contribution is -2.45. The molecule has 1 aromatic rings. The fourth-order valence-corrected chi connectivity index (χ4v) is 3.03. The minimum Gasteiger partial charge on any atom is -0.469 e. The number of hydrogen-bond donors (Lipinski definition) is 1. The van der Waals surface area contributed by atoms with E-state index in [4.69, 9.17) is 0 Å². The van der Waals surface area contributed by atoms with Gasteiger partial charge in [-0.2, -0.15) is 0 Å². The van der Waals surface area contributed by atoms with Crippen LogP contribution in [0.4, 0.5) is 5.69 Å². The number of amides is 1. The Labute approximate surface area is 144 Å². The smallest absolute Gasteiger partial charge is 0.305 e. The van der Waals surface area contributed by atoms with E-state index in [9.17, 15) is 9.59 Å². The van der Waals surface area contributed by atoms with Crippen LogP contribution in [-0.4, -0.2) is 43.0 Å². The van der Waals surface area contributed by atoms with Gasteiger partial charge in [0.1, 0.15) is 0 Å². The zero-order chi connectivity index (χ0) is 17.5. The number of rotatable bonds is 6. The number of aryl methyl sites for hydroxylation is 2. The SMILES string of the molecule is COC(=O)CCCC(=O)N1CCC[C@@H](Nc2ccc(C)c(C)c2)C1. The average Bonchev–Trinajstić information content (AvgIpc) is 2.58. The highest BCUT2D eigenvalue weighted by atomic mass is 16.5. The number of nitrogens with one attached hydrogen (secondary N) is 1. The van der Waals surface area contributed by atoms with Gasteiger partial charge in [-0.3, -0.25) is 9.59 Å². The van der Waals surface area contributed by atoms with E-state index in [0.717, 1.165) is 31.6 Å². The topological polar surface area (TPSA) is 58.6 Å². The molecule has 1 aliphatic heterocycles. The molecule has 1 atom stereocenters. The number of ether oxygens (including phenoxy) is 1. The van der Waals surface area contributed by atoms with E-state index < -0.39 is 0 Å². The van der Waals surface area contributed by atoms with Crippen molar-refractivity contribution in [3.8, 4) is 0 Å². The minimum absolute atomic E-state index is 0.130. The molecule has 5 heteroatoms. The monoisotopic (exact) mass is 332 g/mol. The molecular weight excluding hydrogens is 304 g/mol. The molecule has 0 radical (unpaired) electrons. The molecule has 1 heterocycles. The number of methoxy groups -OCH3 is 1. The number of likely N-dealkylation sites (tertiary alicyclic amines) is 1. The van der Waals surface area contributed by atoms with Crippen molar-refractivity contribution in [3.63, 3.8) is 0 Å². The van der Waals surface area contributed by atoms with E-state index in [1.54, 1.807) is 0 Å². The Morgan fingerprint density at radius 1 is 1.25 bits per heavy atom. The lowest BCUT2D eigenvalue weighted by molar-refractivity contribution is -0.141. The van der Waals surface area contributed by atoms with Gasteiger partial charge in [0.15, 0.2) is 0 Å². The molecule has 1 aliphatic rings. The van der Waals surface area contributed by atoms with E-state index in [1.807, 2.05) is 4.90 Å². The largest absolute Gasteiger partial charge is 0.469 e. The molecule has 0 spiro atoms. The summed E-state index contributed by atoms with van der Waals surface area (Å²) in [6.07, 6.45) is 3.34. The van der Waals surface area contributed by atoms with Gasteiger partial charge < -0.3 is 15.0 Å². The molecule has 0 aliphatic carbocycles. The second-order valence-electron chi connectivity index (χ2n) is 6.55. The van der Waals surface area contributed by atoms with Crippen LogP contribution < -0.4 is 5.32 Å². The lowest BCUT2D eigenvalue weighted by atomic mass is 10.0. The van der Waals surface area contributed by atoms with Crippen LogP contribution in [-0.2, 0) is 14.3 Å². The maximum atomic E-state index is 12.3. The first kappa shape index (κ1) is 18.3. The standard InChI is InChI=1S/C19H28N2O3/c1-14-9-10-16(12-15(14)2)20-17-6-5-11-21(13-17)18(22)7-4-8-19(23)24-3/h9-10,12,17,20H,4-8,11,13H2,1-3H3/t17-/m1/s1. The Kier molecular flexibility index (Phi) is 6.64. The van der Waals surface area contributed by atoms with Crippen LogP contribution in [0.25, 0.3) is 0 Å². The van der Waals surface area contributed by atoms with Crippen molar-refractivity contribution in [1.29, 1.82) is 0 Å². The van der Waals surface area contributed by atoms with E-state index in [0.29, 0.717) is 19.3 Å². The van der Waals surface area contributed by atoms with Crippen molar-refractivity contribution < 1.29 is 14.3 Å². The predicted octanol–water partition coefficient (Wildman–Crippen LogP) is 3.05. The normalized spacial score (nSPS) is 17.5. The predicted molar refractivity (Wildman–Crippen MR) is 95.0 cm³/mol. The molecule has 1 aromatic carbocycles. The first-order valence-corrected chi connectivity index (χ1v) is 8.68.